The van der Waals surface area contributed by atoms with Gasteiger partial charge in [-0.15, -0.1) is 0 Å². The third kappa shape index (κ3) is 2.32. The molecule has 0 radical (unpaired) electrons. The first kappa shape index (κ1) is 13.2. The summed E-state index contributed by atoms with van der Waals surface area (Å²) in [6, 6.07) is 14.1. The number of aldehydes is 1. The van der Waals surface area contributed by atoms with Gasteiger partial charge in [-0.3, -0.25) is 4.79 Å². The van der Waals surface area contributed by atoms with E-state index in [1.807, 2.05) is 30.3 Å². The van der Waals surface area contributed by atoms with Crippen molar-refractivity contribution in [3.8, 4) is 0 Å². The topological polar surface area (TPSA) is 29.5 Å². The third-order valence-corrected chi connectivity index (χ3v) is 4.42. The number of para-hydroxylation sites is 1. The molecule has 2 aromatic rings. The monoisotopic (exact) mass is 285 g/mol. The van der Waals surface area contributed by atoms with E-state index in [9.17, 15) is 4.79 Å². The Balaban J connectivity index is 2.07. The number of hydrogen-bond acceptors (Lipinski definition) is 4. The SMILES string of the molecule is COCCN1c2ccccc2Sc2cc(C=O)ccc21. The van der Waals surface area contributed by atoms with E-state index in [-0.39, 0.29) is 0 Å². The quantitative estimate of drug-likeness (QED) is 0.800. The van der Waals surface area contributed by atoms with Crippen molar-refractivity contribution >= 4 is 29.4 Å². The Morgan fingerprint density at radius 1 is 1.15 bits per heavy atom. The Kier molecular flexibility index (Phi) is 3.76. The van der Waals surface area contributed by atoms with E-state index in [1.54, 1.807) is 18.9 Å². The van der Waals surface area contributed by atoms with Gasteiger partial charge < -0.3 is 9.64 Å². The van der Waals surface area contributed by atoms with Gasteiger partial charge in [-0.25, -0.2) is 0 Å². The minimum absolute atomic E-state index is 0.661. The molecular formula is C16H15NO2S. The van der Waals surface area contributed by atoms with Gasteiger partial charge in [0, 0.05) is 29.0 Å². The van der Waals surface area contributed by atoms with Gasteiger partial charge in [0.1, 0.15) is 6.29 Å². The summed E-state index contributed by atoms with van der Waals surface area (Å²) in [6.07, 6.45) is 0.890. The molecule has 1 aliphatic heterocycles. The van der Waals surface area contributed by atoms with Gasteiger partial charge in [0.05, 0.1) is 18.0 Å². The first-order chi connectivity index (χ1) is 9.83. The van der Waals surface area contributed by atoms with Gasteiger partial charge in [-0.05, 0) is 30.3 Å². The zero-order valence-corrected chi connectivity index (χ0v) is 12.0. The molecule has 2 aromatic carbocycles. The van der Waals surface area contributed by atoms with E-state index in [1.165, 1.54) is 10.6 Å². The lowest BCUT2D eigenvalue weighted by Crippen LogP contribution is -2.24. The summed E-state index contributed by atoms with van der Waals surface area (Å²) >= 11 is 1.71. The summed E-state index contributed by atoms with van der Waals surface area (Å²) in [6.45, 7) is 1.45. The molecule has 0 atom stereocenters. The van der Waals surface area contributed by atoms with Crippen LogP contribution >= 0.6 is 11.8 Å². The maximum absolute atomic E-state index is 10.9. The van der Waals surface area contributed by atoms with Crippen LogP contribution in [-0.2, 0) is 4.74 Å². The third-order valence-electron chi connectivity index (χ3n) is 3.31. The summed E-state index contributed by atoms with van der Waals surface area (Å²) < 4.78 is 5.21. The number of carbonyl (C=O) groups is 1. The zero-order valence-electron chi connectivity index (χ0n) is 11.2. The molecule has 0 aliphatic carbocycles. The second-order valence-electron chi connectivity index (χ2n) is 4.56. The minimum atomic E-state index is 0.661. The number of fused-ring (bicyclic) bond motifs is 2. The van der Waals surface area contributed by atoms with Crippen molar-refractivity contribution in [1.29, 1.82) is 0 Å². The maximum Gasteiger partial charge on any atom is 0.150 e. The van der Waals surface area contributed by atoms with Gasteiger partial charge in [0.25, 0.3) is 0 Å². The Labute approximate surface area is 122 Å². The summed E-state index contributed by atoms with van der Waals surface area (Å²) in [5.41, 5.74) is 3.04. The smallest absolute Gasteiger partial charge is 0.150 e. The highest BCUT2D eigenvalue weighted by Gasteiger charge is 2.22. The van der Waals surface area contributed by atoms with Crippen molar-refractivity contribution in [3.63, 3.8) is 0 Å². The summed E-state index contributed by atoms with van der Waals surface area (Å²) in [7, 11) is 1.71. The average molecular weight is 285 g/mol. The Bertz CT molecular complexity index is 642. The molecule has 0 saturated heterocycles. The van der Waals surface area contributed by atoms with E-state index >= 15 is 0 Å². The second-order valence-corrected chi connectivity index (χ2v) is 5.64. The molecule has 3 rings (SSSR count). The van der Waals surface area contributed by atoms with Crippen LogP contribution in [-0.4, -0.2) is 26.5 Å². The molecular weight excluding hydrogens is 270 g/mol. The lowest BCUT2D eigenvalue weighted by molar-refractivity contribution is 0.112. The molecule has 102 valence electrons. The van der Waals surface area contributed by atoms with E-state index < -0.39 is 0 Å². The second kappa shape index (κ2) is 5.69. The van der Waals surface area contributed by atoms with Gasteiger partial charge >= 0.3 is 0 Å². The number of ether oxygens (including phenoxy) is 1. The number of benzene rings is 2. The number of anilines is 2. The van der Waals surface area contributed by atoms with E-state index in [2.05, 4.69) is 17.0 Å². The number of carbonyl (C=O) groups excluding carboxylic acids is 1. The fourth-order valence-electron chi connectivity index (χ4n) is 2.35. The van der Waals surface area contributed by atoms with Crippen molar-refractivity contribution in [2.45, 2.75) is 9.79 Å². The first-order valence-corrected chi connectivity index (χ1v) is 7.27. The highest BCUT2D eigenvalue weighted by Crippen LogP contribution is 2.47. The molecule has 0 fully saturated rings. The van der Waals surface area contributed by atoms with Crippen LogP contribution in [0.1, 0.15) is 10.4 Å². The Morgan fingerprint density at radius 2 is 1.95 bits per heavy atom. The lowest BCUT2D eigenvalue weighted by Gasteiger charge is -2.32. The molecule has 0 spiro atoms. The van der Waals surface area contributed by atoms with Gasteiger partial charge in [-0.1, -0.05) is 23.9 Å². The van der Waals surface area contributed by atoms with Crippen LogP contribution in [0.5, 0.6) is 0 Å². The standard InChI is InChI=1S/C16H15NO2S/c1-19-9-8-17-13-4-2-3-5-15(13)20-16-10-12(11-18)6-7-14(16)17/h2-7,10-11H,8-9H2,1H3. The largest absolute Gasteiger partial charge is 0.383 e. The molecule has 0 N–H and O–H groups in total. The van der Waals surface area contributed by atoms with Gasteiger partial charge in [0.15, 0.2) is 0 Å². The fraction of sp³-hybridized carbons (Fsp3) is 0.188. The Hall–Kier alpha value is -1.78. The number of methoxy groups -OCH3 is 1. The minimum Gasteiger partial charge on any atom is -0.383 e. The molecule has 0 aromatic heterocycles. The van der Waals surface area contributed by atoms with Crippen molar-refractivity contribution in [3.05, 3.63) is 48.0 Å². The van der Waals surface area contributed by atoms with Gasteiger partial charge in [0.2, 0.25) is 0 Å². The van der Waals surface area contributed by atoms with Crippen molar-refractivity contribution in [2.24, 2.45) is 0 Å². The molecule has 0 amide bonds. The lowest BCUT2D eigenvalue weighted by atomic mass is 10.1. The molecule has 20 heavy (non-hydrogen) atoms. The number of rotatable bonds is 4. The normalized spacial score (nSPS) is 12.8. The number of hydrogen-bond donors (Lipinski definition) is 0. The van der Waals surface area contributed by atoms with Crippen LogP contribution in [0, 0.1) is 0 Å². The maximum atomic E-state index is 10.9. The molecule has 0 unspecified atom stereocenters. The summed E-state index contributed by atoms with van der Waals surface area (Å²) in [4.78, 5) is 15.5. The highest BCUT2D eigenvalue weighted by molar-refractivity contribution is 7.99. The molecule has 3 nitrogen and oxygen atoms in total. The molecule has 0 bridgehead atoms. The van der Waals surface area contributed by atoms with Crippen LogP contribution in [0.3, 0.4) is 0 Å². The van der Waals surface area contributed by atoms with E-state index in [0.717, 1.165) is 23.4 Å². The highest BCUT2D eigenvalue weighted by atomic mass is 32.2. The molecule has 0 saturated carbocycles. The van der Waals surface area contributed by atoms with Crippen molar-refractivity contribution < 1.29 is 9.53 Å². The van der Waals surface area contributed by atoms with Crippen molar-refractivity contribution in [2.75, 3.05) is 25.2 Å². The predicted octanol–water partition coefficient (Wildman–Crippen LogP) is 3.75. The summed E-state index contributed by atoms with van der Waals surface area (Å²) in [5.74, 6) is 0. The van der Waals surface area contributed by atoms with Crippen LogP contribution in [0.2, 0.25) is 0 Å². The van der Waals surface area contributed by atoms with Crippen LogP contribution in [0.15, 0.2) is 52.3 Å². The fourth-order valence-corrected chi connectivity index (χ4v) is 3.49. The average Bonchev–Trinajstić information content (AvgIpc) is 2.50. The first-order valence-electron chi connectivity index (χ1n) is 6.46. The zero-order chi connectivity index (χ0) is 13.9. The summed E-state index contributed by atoms with van der Waals surface area (Å²) in [5, 5.41) is 0. The number of nitrogens with zero attached hydrogens (tertiary/aromatic N) is 1. The van der Waals surface area contributed by atoms with E-state index in [0.29, 0.717) is 12.2 Å². The van der Waals surface area contributed by atoms with E-state index in [4.69, 9.17) is 4.74 Å². The van der Waals surface area contributed by atoms with Crippen LogP contribution in [0.25, 0.3) is 0 Å². The van der Waals surface area contributed by atoms with Crippen LogP contribution < -0.4 is 4.90 Å². The predicted molar refractivity (Wildman–Crippen MR) is 81.3 cm³/mol. The van der Waals surface area contributed by atoms with Gasteiger partial charge in [-0.2, -0.15) is 0 Å². The molecule has 1 aliphatic rings. The van der Waals surface area contributed by atoms with Crippen molar-refractivity contribution in [1.82, 2.24) is 0 Å². The molecule has 1 heterocycles. The molecule has 4 heteroatoms. The Morgan fingerprint density at radius 3 is 2.75 bits per heavy atom. The van der Waals surface area contributed by atoms with Crippen LogP contribution in [0.4, 0.5) is 11.4 Å².